The number of aliphatic hydroxyl groups is 1. The van der Waals surface area contributed by atoms with Gasteiger partial charge in [0.2, 0.25) is 0 Å². The molecule has 2 heterocycles. The van der Waals surface area contributed by atoms with E-state index in [0.29, 0.717) is 13.2 Å². The summed E-state index contributed by atoms with van der Waals surface area (Å²) in [7, 11) is 0. The maximum Gasteiger partial charge on any atom is 0.0900 e. The first-order chi connectivity index (χ1) is 8.74. The largest absolute Gasteiger partial charge is 0.389 e. The van der Waals surface area contributed by atoms with Gasteiger partial charge in [-0.15, -0.1) is 11.3 Å². The fourth-order valence-corrected chi connectivity index (χ4v) is 3.13. The third-order valence-electron chi connectivity index (χ3n) is 3.34. The highest BCUT2D eigenvalue weighted by molar-refractivity contribution is 7.09. The molecule has 1 aliphatic heterocycles. The Bertz CT molecular complexity index is 329. The lowest BCUT2D eigenvalue weighted by atomic mass is 10.0. The maximum absolute atomic E-state index is 9.95. The molecule has 0 spiro atoms. The van der Waals surface area contributed by atoms with Gasteiger partial charge in [-0.25, -0.2) is 0 Å². The summed E-state index contributed by atoms with van der Waals surface area (Å²) in [6.45, 7) is 6.31. The number of piperidine rings is 1. The van der Waals surface area contributed by atoms with Gasteiger partial charge in [0, 0.05) is 18.0 Å². The molecule has 1 aromatic rings. The lowest BCUT2D eigenvalue weighted by Crippen LogP contribution is -2.40. The van der Waals surface area contributed by atoms with E-state index in [1.165, 1.54) is 17.7 Å². The molecular formula is C14H23NO2S. The summed E-state index contributed by atoms with van der Waals surface area (Å²) in [5, 5.41) is 12.0. The van der Waals surface area contributed by atoms with E-state index in [2.05, 4.69) is 17.9 Å². The molecule has 2 unspecified atom stereocenters. The molecule has 0 saturated carbocycles. The van der Waals surface area contributed by atoms with Crippen molar-refractivity contribution in [2.75, 3.05) is 26.2 Å². The molecule has 0 amide bonds. The average Bonchev–Trinajstić information content (AvgIpc) is 2.82. The highest BCUT2D eigenvalue weighted by Crippen LogP contribution is 2.15. The first-order valence-electron chi connectivity index (χ1n) is 6.74. The molecular weight excluding hydrogens is 246 g/mol. The predicted molar refractivity (Wildman–Crippen MR) is 74.8 cm³/mol. The van der Waals surface area contributed by atoms with Crippen molar-refractivity contribution in [3.8, 4) is 0 Å². The summed E-state index contributed by atoms with van der Waals surface area (Å²) in [6.07, 6.45) is 2.21. The van der Waals surface area contributed by atoms with Gasteiger partial charge < -0.3 is 14.7 Å². The molecule has 0 aromatic carbocycles. The monoisotopic (exact) mass is 269 g/mol. The fraction of sp³-hybridized carbons (Fsp3) is 0.714. The molecule has 0 aliphatic carbocycles. The lowest BCUT2D eigenvalue weighted by molar-refractivity contribution is 0.00447. The number of nitrogens with zero attached hydrogens (tertiary/aromatic N) is 1. The minimum Gasteiger partial charge on any atom is -0.389 e. The summed E-state index contributed by atoms with van der Waals surface area (Å²) in [5.74, 6) is 0.762. The van der Waals surface area contributed by atoms with Gasteiger partial charge in [0.15, 0.2) is 0 Å². The van der Waals surface area contributed by atoms with E-state index < -0.39 is 0 Å². The van der Waals surface area contributed by atoms with Crippen molar-refractivity contribution in [3.05, 3.63) is 22.4 Å². The first-order valence-corrected chi connectivity index (χ1v) is 7.62. The Kier molecular flexibility index (Phi) is 5.63. The van der Waals surface area contributed by atoms with Gasteiger partial charge in [-0.3, -0.25) is 0 Å². The van der Waals surface area contributed by atoms with Gasteiger partial charge in [-0.1, -0.05) is 13.0 Å². The third-order valence-corrected chi connectivity index (χ3v) is 4.19. The number of hydrogen-bond acceptors (Lipinski definition) is 4. The summed E-state index contributed by atoms with van der Waals surface area (Å²) >= 11 is 1.69. The molecule has 4 heteroatoms. The summed E-state index contributed by atoms with van der Waals surface area (Å²) in [6, 6.07) is 4.08. The van der Waals surface area contributed by atoms with Crippen LogP contribution in [0.1, 0.15) is 24.6 Å². The van der Waals surface area contributed by atoms with Gasteiger partial charge in [0.25, 0.3) is 0 Å². The van der Waals surface area contributed by atoms with Crippen molar-refractivity contribution in [3.63, 3.8) is 0 Å². The zero-order chi connectivity index (χ0) is 12.8. The van der Waals surface area contributed by atoms with Crippen LogP contribution in [0.5, 0.6) is 0 Å². The summed E-state index contributed by atoms with van der Waals surface area (Å²) < 4.78 is 5.54. The Morgan fingerprint density at radius 3 is 3.22 bits per heavy atom. The van der Waals surface area contributed by atoms with Crippen LogP contribution in [-0.2, 0) is 11.3 Å². The zero-order valence-corrected chi connectivity index (χ0v) is 11.9. The molecule has 1 aromatic heterocycles. The van der Waals surface area contributed by atoms with Crippen molar-refractivity contribution >= 4 is 11.3 Å². The van der Waals surface area contributed by atoms with E-state index in [4.69, 9.17) is 4.74 Å². The smallest absolute Gasteiger partial charge is 0.0900 e. The van der Waals surface area contributed by atoms with Gasteiger partial charge in [-0.05, 0) is 36.8 Å². The molecule has 1 fully saturated rings. The second kappa shape index (κ2) is 7.24. The minimum atomic E-state index is -0.365. The van der Waals surface area contributed by atoms with E-state index in [0.717, 1.165) is 25.6 Å². The van der Waals surface area contributed by atoms with Crippen molar-refractivity contribution in [1.29, 1.82) is 0 Å². The fourth-order valence-electron chi connectivity index (χ4n) is 2.49. The molecule has 3 nitrogen and oxygen atoms in total. The Morgan fingerprint density at radius 2 is 2.50 bits per heavy atom. The van der Waals surface area contributed by atoms with Crippen LogP contribution in [0.2, 0.25) is 0 Å². The van der Waals surface area contributed by atoms with E-state index in [9.17, 15) is 5.11 Å². The number of ether oxygens (including phenoxy) is 1. The predicted octanol–water partition coefficient (Wildman–Crippen LogP) is 2.36. The molecule has 0 radical (unpaired) electrons. The highest BCUT2D eigenvalue weighted by Gasteiger charge is 2.18. The van der Waals surface area contributed by atoms with Gasteiger partial charge in [-0.2, -0.15) is 0 Å². The second-order valence-corrected chi connectivity index (χ2v) is 6.29. The van der Waals surface area contributed by atoms with Crippen molar-refractivity contribution < 1.29 is 9.84 Å². The van der Waals surface area contributed by atoms with E-state index in [1.807, 2.05) is 11.4 Å². The van der Waals surface area contributed by atoms with Crippen LogP contribution in [0.4, 0.5) is 0 Å². The van der Waals surface area contributed by atoms with Gasteiger partial charge >= 0.3 is 0 Å². The third kappa shape index (κ3) is 4.69. The minimum absolute atomic E-state index is 0.365. The summed E-state index contributed by atoms with van der Waals surface area (Å²) in [5.41, 5.74) is 0. The molecule has 0 bridgehead atoms. The first kappa shape index (κ1) is 14.0. The Balaban J connectivity index is 1.61. The van der Waals surface area contributed by atoms with E-state index in [-0.39, 0.29) is 6.10 Å². The van der Waals surface area contributed by atoms with Gasteiger partial charge in [0.05, 0.1) is 19.3 Å². The Labute approximate surface area is 113 Å². The number of likely N-dealkylation sites (tertiary alicyclic amines) is 1. The van der Waals surface area contributed by atoms with Crippen LogP contribution < -0.4 is 0 Å². The zero-order valence-electron chi connectivity index (χ0n) is 11.0. The Morgan fingerprint density at radius 1 is 1.61 bits per heavy atom. The van der Waals surface area contributed by atoms with E-state index in [1.54, 1.807) is 11.3 Å². The van der Waals surface area contributed by atoms with Crippen LogP contribution in [0.3, 0.4) is 0 Å². The van der Waals surface area contributed by atoms with Crippen molar-refractivity contribution in [2.24, 2.45) is 5.92 Å². The van der Waals surface area contributed by atoms with Crippen molar-refractivity contribution in [2.45, 2.75) is 32.5 Å². The second-order valence-electron chi connectivity index (χ2n) is 5.26. The van der Waals surface area contributed by atoms with Crippen molar-refractivity contribution in [1.82, 2.24) is 4.90 Å². The molecule has 2 atom stereocenters. The normalized spacial score (nSPS) is 23.1. The Hall–Kier alpha value is -0.420. The van der Waals surface area contributed by atoms with E-state index >= 15 is 0 Å². The topological polar surface area (TPSA) is 32.7 Å². The van der Waals surface area contributed by atoms with Crippen LogP contribution in [0.25, 0.3) is 0 Å². The average molecular weight is 269 g/mol. The number of aliphatic hydroxyl groups excluding tert-OH is 1. The molecule has 1 N–H and O–H groups in total. The van der Waals surface area contributed by atoms with Crippen LogP contribution in [0, 0.1) is 5.92 Å². The molecule has 2 rings (SSSR count). The number of thiophene rings is 1. The van der Waals surface area contributed by atoms with Crippen LogP contribution in [-0.4, -0.2) is 42.4 Å². The molecule has 1 aliphatic rings. The summed E-state index contributed by atoms with van der Waals surface area (Å²) in [4.78, 5) is 3.57. The van der Waals surface area contributed by atoms with Gasteiger partial charge in [0.1, 0.15) is 0 Å². The number of rotatable bonds is 6. The molecule has 1 saturated heterocycles. The van der Waals surface area contributed by atoms with Crippen LogP contribution >= 0.6 is 11.3 Å². The highest BCUT2D eigenvalue weighted by atomic mass is 32.1. The SMILES string of the molecule is CC1CCCN(CC(O)COCc2cccs2)C1. The maximum atomic E-state index is 9.95. The molecule has 18 heavy (non-hydrogen) atoms. The number of β-amino-alcohol motifs (C(OH)–C–C–N with tert-alkyl or cyclic N) is 1. The lowest BCUT2D eigenvalue weighted by Gasteiger charge is -2.32. The number of hydrogen-bond donors (Lipinski definition) is 1. The van der Waals surface area contributed by atoms with Crippen LogP contribution in [0.15, 0.2) is 17.5 Å². The quantitative estimate of drug-likeness (QED) is 0.860. The molecule has 102 valence electrons. The standard InChI is InChI=1S/C14H23NO2S/c1-12-4-2-6-15(8-12)9-13(16)10-17-11-14-5-3-7-18-14/h3,5,7,12-13,16H,2,4,6,8-11H2,1H3.